The lowest BCUT2D eigenvalue weighted by atomic mass is 10.1. The molecule has 2 heterocycles. The molecule has 0 unspecified atom stereocenters. The van der Waals surface area contributed by atoms with E-state index in [0.29, 0.717) is 42.9 Å². The number of benzene rings is 1. The Hall–Kier alpha value is -2.79. The fraction of sp³-hybridized carbons (Fsp3) is 0.500. The summed E-state index contributed by atoms with van der Waals surface area (Å²) < 4.78 is 46.5. The van der Waals surface area contributed by atoms with Gasteiger partial charge in [-0.3, -0.25) is 4.52 Å². The van der Waals surface area contributed by atoms with Crippen molar-refractivity contribution in [1.29, 1.82) is 0 Å². The van der Waals surface area contributed by atoms with E-state index in [4.69, 9.17) is 24.0 Å². The van der Waals surface area contributed by atoms with Gasteiger partial charge in [-0.15, -0.1) is 0 Å². The van der Waals surface area contributed by atoms with Gasteiger partial charge in [-0.2, -0.15) is 0 Å². The van der Waals surface area contributed by atoms with E-state index in [2.05, 4.69) is 14.5 Å². The largest absolute Gasteiger partial charge is 0.474 e. The van der Waals surface area contributed by atoms with Crippen molar-refractivity contribution < 1.29 is 42.3 Å². The molecule has 3 rings (SSSR count). The molecule has 2 aromatic rings. The lowest BCUT2D eigenvalue weighted by Gasteiger charge is -2.31. The zero-order chi connectivity index (χ0) is 25.6. The number of ether oxygens (including phenoxy) is 3. The SMILES string of the molecule is Cc1c(Oc2ccc(CCOP(=O)(O)O)cc2F)ncnc1OC1CCN(C(=O)OC(C)C)CC1. The molecule has 1 aliphatic rings. The molecule has 11 nitrogen and oxygen atoms in total. The van der Waals surface area contributed by atoms with E-state index in [1.165, 1.54) is 18.5 Å². The van der Waals surface area contributed by atoms with Gasteiger partial charge >= 0.3 is 13.9 Å². The normalized spacial score (nSPS) is 14.8. The average molecular weight is 513 g/mol. The molecular weight excluding hydrogens is 484 g/mol. The summed E-state index contributed by atoms with van der Waals surface area (Å²) in [6, 6.07) is 4.16. The third-order valence-electron chi connectivity index (χ3n) is 5.16. The van der Waals surface area contributed by atoms with Crippen LogP contribution < -0.4 is 9.47 Å². The summed E-state index contributed by atoms with van der Waals surface area (Å²) in [5, 5.41) is 0. The predicted octanol–water partition coefficient (Wildman–Crippen LogP) is 3.76. The molecule has 1 aromatic heterocycles. The molecule has 1 aliphatic heterocycles. The van der Waals surface area contributed by atoms with Gasteiger partial charge in [0.1, 0.15) is 12.4 Å². The van der Waals surface area contributed by atoms with E-state index in [1.54, 1.807) is 31.7 Å². The zero-order valence-corrected chi connectivity index (χ0v) is 20.6. The van der Waals surface area contributed by atoms with Crippen LogP contribution in [0.4, 0.5) is 9.18 Å². The van der Waals surface area contributed by atoms with Crippen LogP contribution in [0.25, 0.3) is 0 Å². The lowest BCUT2D eigenvalue weighted by molar-refractivity contribution is 0.0504. The molecule has 192 valence electrons. The molecule has 0 atom stereocenters. The van der Waals surface area contributed by atoms with Crippen molar-refractivity contribution in [1.82, 2.24) is 14.9 Å². The number of likely N-dealkylation sites (tertiary alicyclic amines) is 1. The summed E-state index contributed by atoms with van der Waals surface area (Å²) in [6.45, 7) is 6.05. The topological polar surface area (TPSA) is 141 Å². The number of phosphoric acid groups is 1. The minimum absolute atomic E-state index is 0.0746. The van der Waals surface area contributed by atoms with Crippen LogP contribution in [-0.4, -0.2) is 62.7 Å². The molecule has 1 amide bonds. The summed E-state index contributed by atoms with van der Waals surface area (Å²) in [5.41, 5.74) is 0.975. The highest BCUT2D eigenvalue weighted by atomic mass is 31.2. The molecule has 2 N–H and O–H groups in total. The van der Waals surface area contributed by atoms with Gasteiger partial charge in [-0.25, -0.2) is 23.7 Å². The second kappa shape index (κ2) is 11.8. The van der Waals surface area contributed by atoms with Gasteiger partial charge < -0.3 is 28.9 Å². The Morgan fingerprint density at radius 1 is 1.23 bits per heavy atom. The number of carbonyl (C=O) groups excluding carboxylic acids is 1. The standard InChI is InChI=1S/C22H29FN3O8P/c1-14(2)32-22(27)26-9-6-17(7-10-26)33-20-15(3)21(25-13-24-20)34-19-5-4-16(12-18(19)23)8-11-31-35(28,29)30/h4-5,12-14,17H,6-11H2,1-3H3,(H2,28,29,30). The Bertz CT molecular complexity index is 1070. The van der Waals surface area contributed by atoms with Gasteiger partial charge in [-0.1, -0.05) is 6.07 Å². The first-order valence-corrected chi connectivity index (χ1v) is 12.6. The van der Waals surface area contributed by atoms with Crippen LogP contribution >= 0.6 is 7.82 Å². The van der Waals surface area contributed by atoms with Crippen molar-refractivity contribution in [3.05, 3.63) is 41.5 Å². The molecule has 0 radical (unpaired) electrons. The second-order valence-corrected chi connectivity index (χ2v) is 9.53. The number of hydrogen-bond acceptors (Lipinski definition) is 8. The quantitative estimate of drug-likeness (QED) is 0.476. The summed E-state index contributed by atoms with van der Waals surface area (Å²) >= 11 is 0. The highest BCUT2D eigenvalue weighted by Crippen LogP contribution is 2.36. The van der Waals surface area contributed by atoms with Crippen molar-refractivity contribution in [2.24, 2.45) is 0 Å². The van der Waals surface area contributed by atoms with Crippen molar-refractivity contribution in [2.75, 3.05) is 19.7 Å². The Morgan fingerprint density at radius 3 is 2.54 bits per heavy atom. The van der Waals surface area contributed by atoms with Crippen LogP contribution in [-0.2, 0) is 20.2 Å². The monoisotopic (exact) mass is 513 g/mol. The van der Waals surface area contributed by atoms with E-state index < -0.39 is 13.6 Å². The molecular formula is C22H29FN3O8P. The number of carbonyl (C=O) groups is 1. The summed E-state index contributed by atoms with van der Waals surface area (Å²) in [7, 11) is -4.57. The Labute approximate surface area is 202 Å². The molecule has 0 aliphatic carbocycles. The van der Waals surface area contributed by atoms with Crippen molar-refractivity contribution in [3.63, 3.8) is 0 Å². The maximum atomic E-state index is 14.5. The Kier molecular flexibility index (Phi) is 9.01. The molecule has 0 spiro atoms. The molecule has 0 bridgehead atoms. The lowest BCUT2D eigenvalue weighted by Crippen LogP contribution is -2.42. The summed E-state index contributed by atoms with van der Waals surface area (Å²) in [5.74, 6) is -0.302. The highest BCUT2D eigenvalue weighted by molar-refractivity contribution is 7.46. The van der Waals surface area contributed by atoms with E-state index in [9.17, 15) is 13.8 Å². The van der Waals surface area contributed by atoms with Gasteiger partial charge in [0.05, 0.1) is 18.3 Å². The molecule has 13 heteroatoms. The number of rotatable bonds is 9. The van der Waals surface area contributed by atoms with Crippen molar-refractivity contribution in [2.45, 2.75) is 52.2 Å². The first-order valence-electron chi connectivity index (χ1n) is 11.1. The second-order valence-electron chi connectivity index (χ2n) is 8.29. The smallest absolute Gasteiger partial charge is 0.469 e. The number of amides is 1. The minimum atomic E-state index is -4.57. The van der Waals surface area contributed by atoms with Crippen LogP contribution in [0.3, 0.4) is 0 Å². The predicted molar refractivity (Wildman–Crippen MR) is 122 cm³/mol. The van der Waals surface area contributed by atoms with Crippen LogP contribution in [0.15, 0.2) is 24.5 Å². The van der Waals surface area contributed by atoms with Gasteiger partial charge in [0.2, 0.25) is 11.8 Å². The molecule has 0 saturated carbocycles. The number of nitrogens with zero attached hydrogens (tertiary/aromatic N) is 3. The maximum absolute atomic E-state index is 14.5. The van der Waals surface area contributed by atoms with Gasteiger partial charge in [0.15, 0.2) is 11.6 Å². The minimum Gasteiger partial charge on any atom is -0.474 e. The first-order chi connectivity index (χ1) is 16.5. The number of halogens is 1. The summed E-state index contributed by atoms with van der Waals surface area (Å²) in [4.78, 5) is 39.4. The Morgan fingerprint density at radius 2 is 1.91 bits per heavy atom. The average Bonchev–Trinajstić information content (AvgIpc) is 2.77. The van der Waals surface area contributed by atoms with Gasteiger partial charge in [-0.05, 0) is 44.9 Å². The highest BCUT2D eigenvalue weighted by Gasteiger charge is 2.26. The van der Waals surface area contributed by atoms with E-state index in [-0.39, 0.29) is 43.0 Å². The number of aromatic nitrogens is 2. The summed E-state index contributed by atoms with van der Waals surface area (Å²) in [6.07, 6.45) is 1.91. The van der Waals surface area contributed by atoms with Crippen LogP contribution in [0, 0.1) is 12.7 Å². The third kappa shape index (κ3) is 8.14. The van der Waals surface area contributed by atoms with E-state index in [1.807, 2.05) is 0 Å². The van der Waals surface area contributed by atoms with Crippen molar-refractivity contribution >= 4 is 13.9 Å². The molecule has 35 heavy (non-hydrogen) atoms. The zero-order valence-electron chi connectivity index (χ0n) is 19.7. The fourth-order valence-corrected chi connectivity index (χ4v) is 3.73. The first kappa shape index (κ1) is 26.8. The Balaban J connectivity index is 1.59. The maximum Gasteiger partial charge on any atom is 0.469 e. The van der Waals surface area contributed by atoms with Gasteiger partial charge in [0.25, 0.3) is 0 Å². The van der Waals surface area contributed by atoms with Crippen LogP contribution in [0.1, 0.15) is 37.8 Å². The molecule has 1 fully saturated rings. The number of phosphoric ester groups is 1. The van der Waals surface area contributed by atoms with E-state index >= 15 is 0 Å². The van der Waals surface area contributed by atoms with Crippen molar-refractivity contribution in [3.8, 4) is 17.5 Å². The fourth-order valence-electron chi connectivity index (χ4n) is 3.40. The van der Waals surface area contributed by atoms with E-state index in [0.717, 1.165) is 0 Å². The molecule has 1 aromatic carbocycles. The number of hydrogen-bond donors (Lipinski definition) is 2. The third-order valence-corrected chi connectivity index (χ3v) is 5.68. The van der Waals surface area contributed by atoms with Crippen LogP contribution in [0.5, 0.6) is 17.5 Å². The van der Waals surface area contributed by atoms with Gasteiger partial charge in [0, 0.05) is 25.9 Å². The molecule has 1 saturated heterocycles. The number of piperidine rings is 1. The van der Waals surface area contributed by atoms with Crippen LogP contribution in [0.2, 0.25) is 0 Å².